The van der Waals surface area contributed by atoms with Crippen molar-refractivity contribution in [2.45, 2.75) is 60.0 Å². The molecule has 1 fully saturated rings. The number of benzene rings is 1. The summed E-state index contributed by atoms with van der Waals surface area (Å²) in [5.74, 6) is 0.542. The molecule has 1 aromatic heterocycles. The number of nitrogens with zero attached hydrogens (tertiary/aromatic N) is 2. The van der Waals surface area contributed by atoms with Gasteiger partial charge in [0.2, 0.25) is 5.91 Å². The summed E-state index contributed by atoms with van der Waals surface area (Å²) in [5.41, 5.74) is 2.73. The molecule has 1 aliphatic heterocycles. The fourth-order valence-electron chi connectivity index (χ4n) is 4.44. The number of aryl methyl sites for hydroxylation is 1. The van der Waals surface area contributed by atoms with Gasteiger partial charge in [0.25, 0.3) is 0 Å². The molecule has 7 nitrogen and oxygen atoms in total. The molecule has 30 heavy (non-hydrogen) atoms. The average molecular weight is 430 g/mol. The van der Waals surface area contributed by atoms with Crippen LogP contribution in [-0.4, -0.2) is 27.0 Å². The van der Waals surface area contributed by atoms with Crippen molar-refractivity contribution in [3.05, 3.63) is 40.0 Å². The Kier molecular flexibility index (Phi) is 5.04. The van der Waals surface area contributed by atoms with E-state index >= 15 is 0 Å². The Morgan fingerprint density at radius 2 is 1.93 bits per heavy atom. The van der Waals surface area contributed by atoms with Crippen molar-refractivity contribution in [2.24, 2.45) is 10.8 Å². The van der Waals surface area contributed by atoms with Gasteiger partial charge in [-0.25, -0.2) is 4.79 Å². The summed E-state index contributed by atoms with van der Waals surface area (Å²) in [7, 11) is 0. The molecule has 0 spiro atoms. The van der Waals surface area contributed by atoms with E-state index in [2.05, 4.69) is 41.6 Å². The molecule has 1 aromatic carbocycles. The third kappa shape index (κ3) is 3.35. The second-order valence-electron chi connectivity index (χ2n) is 9.39. The van der Waals surface area contributed by atoms with E-state index in [-0.39, 0.29) is 22.8 Å². The van der Waals surface area contributed by atoms with E-state index in [0.29, 0.717) is 29.6 Å². The molecule has 160 valence electrons. The summed E-state index contributed by atoms with van der Waals surface area (Å²) < 4.78 is 0. The van der Waals surface area contributed by atoms with Gasteiger partial charge in [-0.2, -0.15) is 5.10 Å². The lowest BCUT2D eigenvalue weighted by Crippen LogP contribution is -2.51. The van der Waals surface area contributed by atoms with Gasteiger partial charge >= 0.3 is 6.03 Å². The van der Waals surface area contributed by atoms with E-state index in [1.54, 1.807) is 11.0 Å². The van der Waals surface area contributed by atoms with Gasteiger partial charge < -0.3 is 15.5 Å². The Hall–Kier alpha value is -2.54. The van der Waals surface area contributed by atoms with E-state index in [0.717, 1.165) is 36.1 Å². The smallest absolute Gasteiger partial charge is 0.314 e. The minimum Gasteiger partial charge on any atom is -0.314 e. The van der Waals surface area contributed by atoms with Crippen LogP contribution in [0.25, 0.3) is 0 Å². The number of aromatic amines is 1. The van der Waals surface area contributed by atoms with Crippen molar-refractivity contribution >= 4 is 35.0 Å². The van der Waals surface area contributed by atoms with Crippen LogP contribution in [0.3, 0.4) is 0 Å². The number of hydrogen-bond donors (Lipinski definition) is 3. The van der Waals surface area contributed by atoms with Gasteiger partial charge in [0.1, 0.15) is 0 Å². The van der Waals surface area contributed by atoms with Gasteiger partial charge in [0.15, 0.2) is 5.82 Å². The molecular formula is C22H28ClN5O2. The predicted octanol–water partition coefficient (Wildman–Crippen LogP) is 5.07. The van der Waals surface area contributed by atoms with Gasteiger partial charge in [-0.3, -0.25) is 9.89 Å². The van der Waals surface area contributed by atoms with E-state index in [9.17, 15) is 9.59 Å². The number of rotatable bonds is 3. The van der Waals surface area contributed by atoms with E-state index < -0.39 is 0 Å². The van der Waals surface area contributed by atoms with Crippen molar-refractivity contribution in [1.29, 1.82) is 0 Å². The van der Waals surface area contributed by atoms with Crippen LogP contribution in [0.15, 0.2) is 18.2 Å². The van der Waals surface area contributed by atoms with Crippen molar-refractivity contribution in [3.8, 4) is 0 Å². The number of H-pyrrole nitrogens is 1. The quantitative estimate of drug-likeness (QED) is 0.635. The number of carbonyl (C=O) groups is 2. The van der Waals surface area contributed by atoms with Crippen molar-refractivity contribution in [3.63, 3.8) is 0 Å². The number of urea groups is 1. The van der Waals surface area contributed by atoms with E-state index in [1.807, 2.05) is 19.1 Å². The van der Waals surface area contributed by atoms with Gasteiger partial charge in [0, 0.05) is 5.56 Å². The first-order valence-electron chi connectivity index (χ1n) is 10.3. The number of hydrogen-bond acceptors (Lipinski definition) is 3. The summed E-state index contributed by atoms with van der Waals surface area (Å²) >= 11 is 6.23. The normalized spacial score (nSPS) is 17.3. The SMILES string of the molecule is Cc1cccc(Cl)c1NC(=O)N1Cc2[nH]nc(NC(=O)C3(C(C)(C)C)CCC3)c2C1. The number of carbonyl (C=O) groups excluding carboxylic acids is 2. The molecule has 1 saturated carbocycles. The molecule has 2 heterocycles. The topological polar surface area (TPSA) is 90.1 Å². The number of para-hydroxylation sites is 1. The van der Waals surface area contributed by atoms with Crippen LogP contribution in [0.5, 0.6) is 0 Å². The Morgan fingerprint density at radius 3 is 2.53 bits per heavy atom. The molecule has 8 heteroatoms. The summed E-state index contributed by atoms with van der Waals surface area (Å²) in [6.45, 7) is 9.02. The highest BCUT2D eigenvalue weighted by molar-refractivity contribution is 6.33. The fraction of sp³-hybridized carbons (Fsp3) is 0.500. The van der Waals surface area contributed by atoms with E-state index in [1.165, 1.54) is 0 Å². The number of anilines is 2. The first-order valence-corrected chi connectivity index (χ1v) is 10.7. The van der Waals surface area contributed by atoms with Gasteiger partial charge in [-0.1, -0.05) is 50.9 Å². The lowest BCUT2D eigenvalue weighted by Gasteiger charge is -2.49. The minimum atomic E-state index is -0.365. The fourth-order valence-corrected chi connectivity index (χ4v) is 4.71. The number of nitrogens with one attached hydrogen (secondary N) is 3. The molecule has 3 N–H and O–H groups in total. The summed E-state index contributed by atoms with van der Waals surface area (Å²) in [6.07, 6.45) is 2.85. The third-order valence-electron chi connectivity index (χ3n) is 6.70. The average Bonchev–Trinajstić information content (AvgIpc) is 3.18. The molecule has 0 radical (unpaired) electrons. The molecule has 3 amide bonds. The Morgan fingerprint density at radius 1 is 1.20 bits per heavy atom. The maximum Gasteiger partial charge on any atom is 0.322 e. The summed E-state index contributed by atoms with van der Waals surface area (Å²) in [6, 6.07) is 5.26. The molecule has 0 atom stereocenters. The first kappa shape index (κ1) is 20.7. The van der Waals surface area contributed by atoms with Crippen LogP contribution in [0.1, 0.15) is 56.9 Å². The second-order valence-corrected chi connectivity index (χ2v) is 9.79. The Labute approximate surface area is 181 Å². The summed E-state index contributed by atoms with van der Waals surface area (Å²) in [5, 5.41) is 13.7. The zero-order valence-electron chi connectivity index (χ0n) is 17.9. The second kappa shape index (κ2) is 7.30. The number of halogens is 1. The van der Waals surface area contributed by atoms with Crippen LogP contribution in [0.2, 0.25) is 5.02 Å². The van der Waals surface area contributed by atoms with Crippen LogP contribution in [0, 0.1) is 17.8 Å². The molecular weight excluding hydrogens is 402 g/mol. The maximum atomic E-state index is 13.1. The molecule has 2 aliphatic rings. The maximum absolute atomic E-state index is 13.1. The molecule has 2 aromatic rings. The number of amides is 3. The zero-order valence-corrected chi connectivity index (χ0v) is 18.6. The standard InChI is InChI=1S/C22H28ClN5O2/c1-13-7-5-8-15(23)17(13)24-20(30)28-11-14-16(12-28)26-27-18(14)25-19(29)22(9-6-10-22)21(2,3)4/h5,7-8H,6,9-12H2,1-4H3,(H,24,30)(H2,25,26,27,29). The van der Waals surface area contributed by atoms with Crippen LogP contribution in [0.4, 0.5) is 16.3 Å². The lowest BCUT2D eigenvalue weighted by molar-refractivity contribution is -0.139. The third-order valence-corrected chi connectivity index (χ3v) is 7.02. The molecule has 1 aliphatic carbocycles. The predicted molar refractivity (Wildman–Crippen MR) is 117 cm³/mol. The lowest BCUT2D eigenvalue weighted by atomic mass is 9.54. The van der Waals surface area contributed by atoms with Gasteiger partial charge in [-0.15, -0.1) is 0 Å². The van der Waals surface area contributed by atoms with E-state index in [4.69, 9.17) is 11.6 Å². The van der Waals surface area contributed by atoms with Crippen LogP contribution < -0.4 is 10.6 Å². The van der Waals surface area contributed by atoms with Gasteiger partial charge in [-0.05, 0) is 36.8 Å². The molecule has 4 rings (SSSR count). The highest BCUT2D eigenvalue weighted by Crippen LogP contribution is 2.54. The highest BCUT2D eigenvalue weighted by atomic mass is 35.5. The largest absolute Gasteiger partial charge is 0.322 e. The molecule has 0 bridgehead atoms. The molecule has 0 unspecified atom stereocenters. The summed E-state index contributed by atoms with van der Waals surface area (Å²) in [4.78, 5) is 27.6. The van der Waals surface area contributed by atoms with Crippen molar-refractivity contribution < 1.29 is 9.59 Å². The monoisotopic (exact) mass is 429 g/mol. The highest BCUT2D eigenvalue weighted by Gasteiger charge is 2.52. The number of fused-ring (bicyclic) bond motifs is 1. The zero-order chi connectivity index (χ0) is 21.7. The van der Waals surface area contributed by atoms with Crippen LogP contribution >= 0.6 is 11.6 Å². The minimum absolute atomic E-state index is 0.0187. The van der Waals surface area contributed by atoms with Crippen molar-refractivity contribution in [2.75, 3.05) is 10.6 Å². The Bertz CT molecular complexity index is 983. The van der Waals surface area contributed by atoms with Crippen LogP contribution in [-0.2, 0) is 17.9 Å². The number of aromatic nitrogens is 2. The first-order chi connectivity index (χ1) is 14.1. The molecule has 0 saturated heterocycles. The van der Waals surface area contributed by atoms with Gasteiger partial charge in [0.05, 0.1) is 34.9 Å². The van der Waals surface area contributed by atoms with Crippen molar-refractivity contribution in [1.82, 2.24) is 15.1 Å². The Balaban J connectivity index is 1.46.